The van der Waals surface area contributed by atoms with Crippen LogP contribution in [0.5, 0.6) is 0 Å². The summed E-state index contributed by atoms with van der Waals surface area (Å²) in [5.41, 5.74) is 3.32. The molecule has 1 unspecified atom stereocenters. The molecule has 0 bridgehead atoms. The van der Waals surface area contributed by atoms with E-state index in [9.17, 15) is 9.18 Å². The Morgan fingerprint density at radius 2 is 2.04 bits per heavy atom. The summed E-state index contributed by atoms with van der Waals surface area (Å²) in [6, 6.07) is 9.85. The molecule has 2 atom stereocenters. The number of halogens is 1. The van der Waals surface area contributed by atoms with Gasteiger partial charge >= 0.3 is 0 Å². The molecule has 5 heteroatoms. The van der Waals surface area contributed by atoms with Gasteiger partial charge in [0, 0.05) is 29.5 Å². The molecule has 0 radical (unpaired) electrons. The summed E-state index contributed by atoms with van der Waals surface area (Å²) in [5, 5.41) is 4.63. The molecule has 0 aliphatic heterocycles. The summed E-state index contributed by atoms with van der Waals surface area (Å²) in [6.45, 7) is 2.05. The van der Waals surface area contributed by atoms with Crippen LogP contribution in [-0.2, 0) is 4.79 Å². The van der Waals surface area contributed by atoms with E-state index in [0.29, 0.717) is 12.2 Å². The van der Waals surface area contributed by atoms with Crippen molar-refractivity contribution in [1.82, 2.24) is 9.97 Å². The molecule has 120 valence electrons. The summed E-state index contributed by atoms with van der Waals surface area (Å²) in [7, 11) is 0. The number of carbonyl (C=O) groups excluding carboxylic acids is 1. The average Bonchev–Trinajstić information content (AvgIpc) is 3.32. The van der Waals surface area contributed by atoms with Crippen LogP contribution in [0.15, 0.2) is 48.9 Å². The highest BCUT2D eigenvalue weighted by Gasteiger charge is 2.43. The van der Waals surface area contributed by atoms with Gasteiger partial charge in [-0.3, -0.25) is 9.78 Å². The minimum atomic E-state index is -1.00. The third-order valence-electron chi connectivity index (χ3n) is 4.37. The summed E-state index contributed by atoms with van der Waals surface area (Å²) in [5.74, 6) is -0.354. The van der Waals surface area contributed by atoms with Crippen molar-refractivity contribution >= 4 is 22.5 Å². The molecule has 1 saturated carbocycles. The largest absolute Gasteiger partial charge is 0.310 e. The van der Waals surface area contributed by atoms with Gasteiger partial charge in [-0.25, -0.2) is 9.37 Å². The number of alkyl halides is 1. The molecule has 1 amide bonds. The van der Waals surface area contributed by atoms with Crippen molar-refractivity contribution in [3.05, 3.63) is 54.5 Å². The number of pyridine rings is 2. The quantitative estimate of drug-likeness (QED) is 0.796. The minimum absolute atomic E-state index is 0.294. The van der Waals surface area contributed by atoms with E-state index in [1.54, 1.807) is 12.4 Å². The van der Waals surface area contributed by atoms with E-state index in [2.05, 4.69) is 21.4 Å². The predicted molar refractivity (Wildman–Crippen MR) is 91.3 cm³/mol. The lowest BCUT2D eigenvalue weighted by molar-refractivity contribution is -0.117. The van der Waals surface area contributed by atoms with Gasteiger partial charge in [-0.15, -0.1) is 0 Å². The van der Waals surface area contributed by atoms with Crippen LogP contribution in [0, 0.1) is 12.8 Å². The van der Waals surface area contributed by atoms with E-state index < -0.39 is 12.1 Å². The van der Waals surface area contributed by atoms with Crippen LogP contribution < -0.4 is 5.32 Å². The summed E-state index contributed by atoms with van der Waals surface area (Å²) in [6.07, 6.45) is 4.66. The topological polar surface area (TPSA) is 54.9 Å². The average molecular weight is 321 g/mol. The minimum Gasteiger partial charge on any atom is -0.310 e. The number of rotatable bonds is 3. The molecular formula is C19H16FN3O. The Morgan fingerprint density at radius 3 is 2.79 bits per heavy atom. The van der Waals surface area contributed by atoms with Gasteiger partial charge in [0.15, 0.2) is 0 Å². The van der Waals surface area contributed by atoms with Crippen molar-refractivity contribution < 1.29 is 9.18 Å². The summed E-state index contributed by atoms with van der Waals surface area (Å²) in [4.78, 5) is 20.3. The van der Waals surface area contributed by atoms with Gasteiger partial charge < -0.3 is 5.32 Å². The highest BCUT2D eigenvalue weighted by Crippen LogP contribution is 2.34. The van der Waals surface area contributed by atoms with Gasteiger partial charge in [-0.2, -0.15) is 0 Å². The van der Waals surface area contributed by atoms with Crippen molar-refractivity contribution in [3.8, 4) is 11.1 Å². The molecule has 4 rings (SSSR count). The fourth-order valence-electron chi connectivity index (χ4n) is 2.80. The Bertz CT molecular complexity index is 941. The lowest BCUT2D eigenvalue weighted by Crippen LogP contribution is -2.15. The molecule has 1 fully saturated rings. The first kappa shape index (κ1) is 14.8. The van der Waals surface area contributed by atoms with Crippen molar-refractivity contribution in [2.24, 2.45) is 5.92 Å². The van der Waals surface area contributed by atoms with E-state index in [1.165, 1.54) is 0 Å². The molecule has 1 aromatic carbocycles. The molecule has 0 spiro atoms. The highest BCUT2D eigenvalue weighted by molar-refractivity contribution is 5.96. The SMILES string of the molecule is Cc1ccncc1-c1ccc2cc(NC(=O)C3C[C@@H]3F)ncc2c1. The van der Waals surface area contributed by atoms with Crippen LogP contribution in [0.4, 0.5) is 10.2 Å². The van der Waals surface area contributed by atoms with Gasteiger partial charge in [-0.1, -0.05) is 12.1 Å². The first-order chi connectivity index (χ1) is 11.6. The van der Waals surface area contributed by atoms with Gasteiger partial charge in [0.05, 0.1) is 5.92 Å². The standard InChI is InChI=1S/C19H16FN3O/c1-11-4-5-21-10-16(11)13-3-2-12-7-18(22-9-14(12)6-13)23-19(24)15-8-17(15)20/h2-7,9-10,15,17H,8H2,1H3,(H,22,23,24)/t15?,17-/m0/s1. The number of nitrogens with zero attached hydrogens (tertiary/aromatic N) is 2. The fraction of sp³-hybridized carbons (Fsp3) is 0.211. The maximum Gasteiger partial charge on any atom is 0.231 e. The fourth-order valence-corrected chi connectivity index (χ4v) is 2.80. The monoisotopic (exact) mass is 321 g/mol. The van der Waals surface area contributed by atoms with Crippen LogP contribution in [-0.4, -0.2) is 22.0 Å². The number of amides is 1. The van der Waals surface area contributed by atoms with E-state index >= 15 is 0 Å². The molecule has 2 aromatic heterocycles. The smallest absolute Gasteiger partial charge is 0.231 e. The third-order valence-corrected chi connectivity index (χ3v) is 4.37. The lowest BCUT2D eigenvalue weighted by Gasteiger charge is -2.08. The Balaban J connectivity index is 1.63. The first-order valence-corrected chi connectivity index (χ1v) is 7.87. The van der Waals surface area contributed by atoms with Gasteiger partial charge in [0.25, 0.3) is 0 Å². The molecule has 1 aliphatic rings. The number of hydrogen-bond donors (Lipinski definition) is 1. The Morgan fingerprint density at radius 1 is 1.21 bits per heavy atom. The first-order valence-electron chi connectivity index (χ1n) is 7.87. The maximum atomic E-state index is 12.9. The molecule has 4 nitrogen and oxygen atoms in total. The Kier molecular flexibility index (Phi) is 3.49. The zero-order chi connectivity index (χ0) is 16.7. The van der Waals surface area contributed by atoms with E-state index in [0.717, 1.165) is 27.5 Å². The molecule has 2 heterocycles. The highest BCUT2D eigenvalue weighted by atomic mass is 19.1. The number of fused-ring (bicyclic) bond motifs is 1. The molecule has 0 saturated heterocycles. The van der Waals surface area contributed by atoms with E-state index in [4.69, 9.17) is 0 Å². The number of benzene rings is 1. The molecule has 24 heavy (non-hydrogen) atoms. The summed E-state index contributed by atoms with van der Waals surface area (Å²) < 4.78 is 12.9. The second-order valence-electron chi connectivity index (χ2n) is 6.17. The number of aryl methyl sites for hydroxylation is 1. The Labute approximate surface area is 138 Å². The number of carbonyl (C=O) groups is 1. The van der Waals surface area contributed by atoms with Crippen molar-refractivity contribution in [2.45, 2.75) is 19.5 Å². The van der Waals surface area contributed by atoms with Crippen molar-refractivity contribution in [2.75, 3.05) is 5.32 Å². The molecule has 1 N–H and O–H groups in total. The van der Waals surface area contributed by atoms with Crippen LogP contribution >= 0.6 is 0 Å². The summed E-state index contributed by atoms with van der Waals surface area (Å²) >= 11 is 0. The second-order valence-corrected chi connectivity index (χ2v) is 6.17. The lowest BCUT2D eigenvalue weighted by atomic mass is 10.0. The number of aromatic nitrogens is 2. The van der Waals surface area contributed by atoms with Gasteiger partial charge in [0.1, 0.15) is 12.0 Å². The Hall–Kier alpha value is -2.82. The third kappa shape index (κ3) is 2.73. The zero-order valence-electron chi connectivity index (χ0n) is 13.2. The zero-order valence-corrected chi connectivity index (χ0v) is 13.2. The van der Waals surface area contributed by atoms with Crippen LogP contribution in [0.3, 0.4) is 0 Å². The van der Waals surface area contributed by atoms with Gasteiger partial charge in [-0.05, 0) is 48.1 Å². The molecular weight excluding hydrogens is 305 g/mol. The maximum absolute atomic E-state index is 12.9. The predicted octanol–water partition coefficient (Wildman–Crippen LogP) is 3.90. The normalized spacial score (nSPS) is 19.2. The number of anilines is 1. The van der Waals surface area contributed by atoms with Crippen LogP contribution in [0.2, 0.25) is 0 Å². The number of nitrogens with one attached hydrogen (secondary N) is 1. The van der Waals surface area contributed by atoms with Crippen molar-refractivity contribution in [3.63, 3.8) is 0 Å². The van der Waals surface area contributed by atoms with E-state index in [-0.39, 0.29) is 5.91 Å². The molecule has 1 aliphatic carbocycles. The van der Waals surface area contributed by atoms with Crippen molar-refractivity contribution in [1.29, 1.82) is 0 Å². The van der Waals surface area contributed by atoms with Gasteiger partial charge in [0.2, 0.25) is 5.91 Å². The van der Waals surface area contributed by atoms with Crippen LogP contribution in [0.25, 0.3) is 21.9 Å². The van der Waals surface area contributed by atoms with Crippen LogP contribution in [0.1, 0.15) is 12.0 Å². The molecule has 3 aromatic rings. The van der Waals surface area contributed by atoms with E-state index in [1.807, 2.05) is 37.4 Å². The second kappa shape index (κ2) is 5.67. The number of hydrogen-bond acceptors (Lipinski definition) is 3.